The van der Waals surface area contributed by atoms with Gasteiger partial charge < -0.3 is 4.74 Å². The molecule has 3 heteroatoms. The number of ether oxygens (including phenoxy) is 1. The molecule has 2 fully saturated rings. The Balaban J connectivity index is 1.92. The highest BCUT2D eigenvalue weighted by atomic mass is 16.5. The van der Waals surface area contributed by atoms with Gasteiger partial charge in [-0.1, -0.05) is 12.1 Å². The van der Waals surface area contributed by atoms with Crippen LogP contribution in [0.4, 0.5) is 5.69 Å². The number of carbonyl (C=O) groups excluding carboxylic acids is 1. The Hall–Kier alpha value is -1.35. The second-order valence-corrected chi connectivity index (χ2v) is 4.20. The van der Waals surface area contributed by atoms with E-state index < -0.39 is 0 Å². The molecule has 0 bridgehead atoms. The molecule has 78 valence electrons. The SMILES string of the molecule is Cc1cccc(N2C(=O)C3CCOC32)c1. The van der Waals surface area contributed by atoms with Crippen molar-refractivity contribution in [1.82, 2.24) is 0 Å². The van der Waals surface area contributed by atoms with Gasteiger partial charge >= 0.3 is 0 Å². The lowest BCUT2D eigenvalue weighted by atomic mass is 9.94. The predicted octanol–water partition coefficient (Wildman–Crippen LogP) is 1.70. The van der Waals surface area contributed by atoms with Gasteiger partial charge in [0.2, 0.25) is 5.91 Å². The molecule has 1 aromatic carbocycles. The monoisotopic (exact) mass is 203 g/mol. The van der Waals surface area contributed by atoms with E-state index in [0.717, 1.165) is 12.1 Å². The molecule has 3 rings (SSSR count). The summed E-state index contributed by atoms with van der Waals surface area (Å²) >= 11 is 0. The van der Waals surface area contributed by atoms with Gasteiger partial charge in [-0.05, 0) is 31.0 Å². The summed E-state index contributed by atoms with van der Waals surface area (Å²) in [6, 6.07) is 7.99. The first kappa shape index (κ1) is 8.92. The molecular formula is C12H13NO2. The van der Waals surface area contributed by atoms with Crippen LogP contribution >= 0.6 is 0 Å². The maximum Gasteiger partial charge on any atom is 0.236 e. The Morgan fingerprint density at radius 1 is 1.47 bits per heavy atom. The molecule has 2 saturated heterocycles. The van der Waals surface area contributed by atoms with E-state index in [1.54, 1.807) is 4.90 Å². The number of amides is 1. The molecule has 0 spiro atoms. The predicted molar refractivity (Wildman–Crippen MR) is 56.5 cm³/mol. The van der Waals surface area contributed by atoms with E-state index in [2.05, 4.69) is 0 Å². The van der Waals surface area contributed by atoms with Crippen molar-refractivity contribution in [1.29, 1.82) is 0 Å². The maximum absolute atomic E-state index is 11.8. The third-order valence-corrected chi connectivity index (χ3v) is 3.15. The first-order chi connectivity index (χ1) is 7.27. The highest BCUT2D eigenvalue weighted by Crippen LogP contribution is 2.39. The number of aryl methyl sites for hydroxylation is 1. The van der Waals surface area contributed by atoms with Crippen LogP contribution in [-0.4, -0.2) is 18.7 Å². The van der Waals surface area contributed by atoms with Crippen LogP contribution in [0.15, 0.2) is 24.3 Å². The highest BCUT2D eigenvalue weighted by molar-refractivity contribution is 6.02. The molecule has 2 aliphatic heterocycles. The molecule has 2 aliphatic rings. The normalized spacial score (nSPS) is 28.9. The van der Waals surface area contributed by atoms with Gasteiger partial charge in [-0.2, -0.15) is 0 Å². The van der Waals surface area contributed by atoms with Gasteiger partial charge in [-0.25, -0.2) is 0 Å². The fourth-order valence-electron chi connectivity index (χ4n) is 2.35. The fourth-order valence-corrected chi connectivity index (χ4v) is 2.35. The summed E-state index contributed by atoms with van der Waals surface area (Å²) < 4.78 is 5.53. The van der Waals surface area contributed by atoms with E-state index >= 15 is 0 Å². The van der Waals surface area contributed by atoms with Crippen LogP contribution in [0.2, 0.25) is 0 Å². The Morgan fingerprint density at radius 2 is 2.33 bits per heavy atom. The molecule has 2 heterocycles. The first-order valence-corrected chi connectivity index (χ1v) is 5.29. The number of hydrogen-bond acceptors (Lipinski definition) is 2. The van der Waals surface area contributed by atoms with E-state index in [1.165, 1.54) is 5.56 Å². The molecule has 0 radical (unpaired) electrons. The van der Waals surface area contributed by atoms with E-state index in [1.807, 2.05) is 31.2 Å². The van der Waals surface area contributed by atoms with Crippen molar-refractivity contribution in [3.05, 3.63) is 29.8 Å². The summed E-state index contributed by atoms with van der Waals surface area (Å²) in [6.45, 7) is 2.74. The number of hydrogen-bond donors (Lipinski definition) is 0. The molecule has 0 N–H and O–H groups in total. The zero-order valence-corrected chi connectivity index (χ0v) is 8.64. The molecule has 2 unspecified atom stereocenters. The Morgan fingerprint density at radius 3 is 3.13 bits per heavy atom. The number of nitrogens with zero attached hydrogens (tertiary/aromatic N) is 1. The Bertz CT molecular complexity index is 416. The number of benzene rings is 1. The second-order valence-electron chi connectivity index (χ2n) is 4.20. The lowest BCUT2D eigenvalue weighted by Gasteiger charge is -2.42. The lowest BCUT2D eigenvalue weighted by molar-refractivity contribution is -0.135. The average molecular weight is 203 g/mol. The second kappa shape index (κ2) is 3.07. The van der Waals surface area contributed by atoms with Crippen molar-refractivity contribution in [2.45, 2.75) is 19.6 Å². The van der Waals surface area contributed by atoms with Crippen LogP contribution in [0.5, 0.6) is 0 Å². The molecule has 0 aromatic heterocycles. The molecule has 0 aliphatic carbocycles. The van der Waals surface area contributed by atoms with E-state index in [0.29, 0.717) is 6.61 Å². The summed E-state index contributed by atoms with van der Waals surface area (Å²) in [7, 11) is 0. The van der Waals surface area contributed by atoms with E-state index in [9.17, 15) is 4.79 Å². The first-order valence-electron chi connectivity index (χ1n) is 5.29. The van der Waals surface area contributed by atoms with Gasteiger partial charge in [0.1, 0.15) is 6.23 Å². The molecule has 15 heavy (non-hydrogen) atoms. The van der Waals surface area contributed by atoms with E-state index in [4.69, 9.17) is 4.74 Å². The Labute approximate surface area is 88.6 Å². The number of fused-ring (bicyclic) bond motifs is 1. The van der Waals surface area contributed by atoms with Crippen LogP contribution < -0.4 is 4.90 Å². The van der Waals surface area contributed by atoms with Crippen LogP contribution in [0, 0.1) is 12.8 Å². The van der Waals surface area contributed by atoms with Gasteiger partial charge in [0.05, 0.1) is 12.5 Å². The quantitative estimate of drug-likeness (QED) is 0.650. The molecule has 2 atom stereocenters. The average Bonchev–Trinajstić information content (AvgIpc) is 2.62. The molecule has 0 saturated carbocycles. The van der Waals surface area contributed by atoms with Crippen LogP contribution in [0.25, 0.3) is 0 Å². The standard InChI is InChI=1S/C12H13NO2/c1-8-3-2-4-9(7-8)13-11(14)10-5-6-15-12(10)13/h2-4,7,10,12H,5-6H2,1H3. The summed E-state index contributed by atoms with van der Waals surface area (Å²) in [6.07, 6.45) is 0.880. The van der Waals surface area contributed by atoms with Crippen molar-refractivity contribution >= 4 is 11.6 Å². The number of rotatable bonds is 1. The molecular weight excluding hydrogens is 190 g/mol. The molecule has 1 aromatic rings. The summed E-state index contributed by atoms with van der Waals surface area (Å²) in [4.78, 5) is 13.6. The topological polar surface area (TPSA) is 29.5 Å². The van der Waals surface area contributed by atoms with Crippen LogP contribution in [-0.2, 0) is 9.53 Å². The largest absolute Gasteiger partial charge is 0.357 e. The number of carbonyl (C=O) groups is 1. The van der Waals surface area contributed by atoms with Crippen molar-refractivity contribution in [3.63, 3.8) is 0 Å². The maximum atomic E-state index is 11.8. The third kappa shape index (κ3) is 1.20. The van der Waals surface area contributed by atoms with Gasteiger partial charge in [0, 0.05) is 5.69 Å². The minimum atomic E-state index is -0.000648. The van der Waals surface area contributed by atoms with Crippen molar-refractivity contribution in [2.75, 3.05) is 11.5 Å². The van der Waals surface area contributed by atoms with Crippen LogP contribution in [0.1, 0.15) is 12.0 Å². The highest BCUT2D eigenvalue weighted by Gasteiger charge is 2.51. The van der Waals surface area contributed by atoms with Crippen molar-refractivity contribution in [2.24, 2.45) is 5.92 Å². The smallest absolute Gasteiger partial charge is 0.236 e. The number of anilines is 1. The zero-order chi connectivity index (χ0) is 10.4. The van der Waals surface area contributed by atoms with Gasteiger partial charge in [0.25, 0.3) is 0 Å². The summed E-state index contributed by atoms with van der Waals surface area (Å²) in [5.74, 6) is 0.327. The minimum Gasteiger partial charge on any atom is -0.357 e. The van der Waals surface area contributed by atoms with Crippen molar-refractivity contribution < 1.29 is 9.53 Å². The van der Waals surface area contributed by atoms with Gasteiger partial charge in [-0.15, -0.1) is 0 Å². The van der Waals surface area contributed by atoms with E-state index in [-0.39, 0.29) is 18.1 Å². The number of β-lactam (4-membered cyclic amide) rings is 1. The van der Waals surface area contributed by atoms with Crippen LogP contribution in [0.3, 0.4) is 0 Å². The molecule has 3 nitrogen and oxygen atoms in total. The van der Waals surface area contributed by atoms with Gasteiger partial charge in [-0.3, -0.25) is 9.69 Å². The summed E-state index contributed by atoms with van der Waals surface area (Å²) in [5, 5.41) is 0. The Kier molecular flexibility index (Phi) is 1.83. The fraction of sp³-hybridized carbons (Fsp3) is 0.417. The lowest BCUT2D eigenvalue weighted by Crippen LogP contribution is -2.59. The minimum absolute atomic E-state index is 0.000648. The van der Waals surface area contributed by atoms with Crippen molar-refractivity contribution in [3.8, 4) is 0 Å². The molecule has 1 amide bonds. The summed E-state index contributed by atoms with van der Waals surface area (Å²) in [5.41, 5.74) is 2.13. The van der Waals surface area contributed by atoms with Gasteiger partial charge in [0.15, 0.2) is 0 Å². The zero-order valence-electron chi connectivity index (χ0n) is 8.64. The third-order valence-electron chi connectivity index (χ3n) is 3.15.